The van der Waals surface area contributed by atoms with E-state index in [1.54, 1.807) is 11.3 Å². The molecule has 0 saturated carbocycles. The van der Waals surface area contributed by atoms with Crippen molar-refractivity contribution in [2.75, 3.05) is 18.8 Å². The summed E-state index contributed by atoms with van der Waals surface area (Å²) in [5, 5.41) is 1.23. The van der Waals surface area contributed by atoms with Crippen LogP contribution < -0.4 is 5.56 Å². The lowest BCUT2D eigenvalue weighted by molar-refractivity contribution is -0.140. The second-order valence-electron chi connectivity index (χ2n) is 7.75. The van der Waals surface area contributed by atoms with Gasteiger partial charge in [0.15, 0.2) is 5.16 Å². The summed E-state index contributed by atoms with van der Waals surface area (Å²) in [6.07, 6.45) is 2.07. The fourth-order valence-electron chi connectivity index (χ4n) is 3.57. The summed E-state index contributed by atoms with van der Waals surface area (Å²) in [4.78, 5) is 36.5. The van der Waals surface area contributed by atoms with Gasteiger partial charge in [-0.3, -0.25) is 9.59 Å². The molecule has 1 N–H and O–H groups in total. The van der Waals surface area contributed by atoms with Gasteiger partial charge in [-0.25, -0.2) is 4.98 Å². The van der Waals surface area contributed by atoms with Crippen LogP contribution in [-0.2, 0) is 16.0 Å². The largest absolute Gasteiger partial charge is 0.372 e. The number of H-pyrrole nitrogens is 1. The van der Waals surface area contributed by atoms with E-state index in [-0.39, 0.29) is 29.4 Å². The molecule has 0 bridgehead atoms. The highest BCUT2D eigenvalue weighted by atomic mass is 32.2. The van der Waals surface area contributed by atoms with Crippen LogP contribution >= 0.6 is 23.1 Å². The Morgan fingerprint density at radius 3 is 2.71 bits per heavy atom. The lowest BCUT2D eigenvalue weighted by Gasteiger charge is -2.35. The summed E-state index contributed by atoms with van der Waals surface area (Å²) in [6, 6.07) is 0. The van der Waals surface area contributed by atoms with Crippen LogP contribution in [0.5, 0.6) is 0 Å². The molecule has 1 aliphatic rings. The minimum absolute atomic E-state index is 0.0463. The van der Waals surface area contributed by atoms with E-state index in [9.17, 15) is 9.59 Å². The van der Waals surface area contributed by atoms with Crippen molar-refractivity contribution in [1.82, 2.24) is 14.9 Å². The number of ether oxygens (including phenoxy) is 1. The monoisotopic (exact) mass is 423 g/mol. The molecule has 0 unspecified atom stereocenters. The third-order valence-corrected chi connectivity index (χ3v) is 7.09. The van der Waals surface area contributed by atoms with Gasteiger partial charge >= 0.3 is 0 Å². The predicted octanol–water partition coefficient (Wildman–Crippen LogP) is 3.61. The van der Waals surface area contributed by atoms with E-state index in [2.05, 4.69) is 30.7 Å². The van der Waals surface area contributed by atoms with Crippen molar-refractivity contribution in [1.29, 1.82) is 0 Å². The van der Waals surface area contributed by atoms with Crippen LogP contribution in [0.3, 0.4) is 0 Å². The molecule has 28 heavy (non-hydrogen) atoms. The Labute approximate surface area is 174 Å². The van der Waals surface area contributed by atoms with Crippen molar-refractivity contribution in [2.24, 2.45) is 5.92 Å². The highest BCUT2D eigenvalue weighted by Crippen LogP contribution is 2.30. The Kier molecular flexibility index (Phi) is 6.83. The van der Waals surface area contributed by atoms with Crippen molar-refractivity contribution in [3.05, 3.63) is 20.8 Å². The van der Waals surface area contributed by atoms with E-state index in [0.29, 0.717) is 29.6 Å². The zero-order chi connectivity index (χ0) is 20.4. The number of nitrogens with one attached hydrogen (secondary N) is 1. The van der Waals surface area contributed by atoms with Crippen molar-refractivity contribution in [3.63, 3.8) is 0 Å². The molecule has 154 valence electrons. The maximum absolute atomic E-state index is 12.7. The standard InChI is InChI=1S/C20H29N3O3S2/c1-6-11(2)7-15-14(5)28-19-17(15)18(25)21-20(22-19)27-10-16(24)23-8-12(3)26-13(4)9-23/h11-13H,6-10H2,1-5H3,(H,21,22,25)/t11-,12+,13+/m0/s1. The van der Waals surface area contributed by atoms with Gasteiger partial charge in [-0.2, -0.15) is 0 Å². The van der Waals surface area contributed by atoms with Crippen LogP contribution in [0.2, 0.25) is 0 Å². The molecule has 3 rings (SSSR count). The summed E-state index contributed by atoms with van der Waals surface area (Å²) in [6.45, 7) is 11.6. The number of rotatable bonds is 6. The molecule has 1 fully saturated rings. The van der Waals surface area contributed by atoms with E-state index in [4.69, 9.17) is 4.74 Å². The highest BCUT2D eigenvalue weighted by molar-refractivity contribution is 7.99. The number of hydrogen-bond acceptors (Lipinski definition) is 6. The Balaban J connectivity index is 1.74. The SMILES string of the molecule is CC[C@H](C)Cc1c(C)sc2nc(SCC(=O)N3C[C@@H](C)O[C@H](C)C3)[nH]c(=O)c12. The Bertz CT molecular complexity index is 898. The smallest absolute Gasteiger partial charge is 0.260 e. The number of thiophene rings is 1. The van der Waals surface area contributed by atoms with Gasteiger partial charge in [0.05, 0.1) is 23.3 Å². The molecule has 8 heteroatoms. The lowest BCUT2D eigenvalue weighted by atomic mass is 9.98. The molecule has 0 aromatic carbocycles. The number of carbonyl (C=O) groups is 1. The summed E-state index contributed by atoms with van der Waals surface area (Å²) < 4.78 is 5.68. The zero-order valence-corrected chi connectivity index (χ0v) is 18.8. The van der Waals surface area contributed by atoms with Gasteiger partial charge in [-0.15, -0.1) is 11.3 Å². The highest BCUT2D eigenvalue weighted by Gasteiger charge is 2.26. The molecule has 0 spiro atoms. The Hall–Kier alpha value is -1.38. The number of aromatic nitrogens is 2. The van der Waals surface area contributed by atoms with Crippen LogP contribution in [0, 0.1) is 12.8 Å². The van der Waals surface area contributed by atoms with Gasteiger partial charge in [0.1, 0.15) is 4.83 Å². The van der Waals surface area contributed by atoms with E-state index >= 15 is 0 Å². The maximum Gasteiger partial charge on any atom is 0.260 e. The Morgan fingerprint density at radius 2 is 2.07 bits per heavy atom. The third kappa shape index (κ3) is 4.78. The molecule has 2 aromatic rings. The van der Waals surface area contributed by atoms with Gasteiger partial charge < -0.3 is 14.6 Å². The molecular formula is C20H29N3O3S2. The minimum Gasteiger partial charge on any atom is -0.372 e. The van der Waals surface area contributed by atoms with Gasteiger partial charge in [0.25, 0.3) is 5.56 Å². The number of hydrogen-bond donors (Lipinski definition) is 1. The average Bonchev–Trinajstić information content (AvgIpc) is 2.94. The number of amides is 1. The van der Waals surface area contributed by atoms with Crippen LogP contribution in [0.1, 0.15) is 44.6 Å². The Morgan fingerprint density at radius 1 is 1.39 bits per heavy atom. The molecular weight excluding hydrogens is 394 g/mol. The second-order valence-corrected chi connectivity index (χ2v) is 9.92. The number of aromatic amines is 1. The molecule has 3 heterocycles. The quantitative estimate of drug-likeness (QED) is 0.567. The third-order valence-electron chi connectivity index (χ3n) is 5.20. The maximum atomic E-state index is 12.7. The van der Waals surface area contributed by atoms with E-state index in [1.165, 1.54) is 11.8 Å². The number of aryl methyl sites for hydroxylation is 1. The summed E-state index contributed by atoms with van der Waals surface area (Å²) in [7, 11) is 0. The number of fused-ring (bicyclic) bond motifs is 1. The number of thioether (sulfide) groups is 1. The molecule has 1 aliphatic heterocycles. The van der Waals surface area contributed by atoms with Gasteiger partial charge in [-0.1, -0.05) is 32.0 Å². The van der Waals surface area contributed by atoms with Crippen LogP contribution in [-0.4, -0.2) is 51.8 Å². The van der Waals surface area contributed by atoms with E-state index in [1.807, 2.05) is 18.7 Å². The fraction of sp³-hybridized carbons (Fsp3) is 0.650. The molecule has 6 nitrogen and oxygen atoms in total. The van der Waals surface area contributed by atoms with Gasteiger partial charge in [0, 0.05) is 18.0 Å². The second kappa shape index (κ2) is 8.97. The first-order valence-electron chi connectivity index (χ1n) is 9.86. The van der Waals surface area contributed by atoms with Gasteiger partial charge in [-0.05, 0) is 38.7 Å². The van der Waals surface area contributed by atoms with Gasteiger partial charge in [0.2, 0.25) is 5.91 Å². The molecule has 3 atom stereocenters. The van der Waals surface area contributed by atoms with Crippen LogP contribution in [0.15, 0.2) is 9.95 Å². The zero-order valence-electron chi connectivity index (χ0n) is 17.2. The minimum atomic E-state index is -0.101. The van der Waals surface area contributed by atoms with Crippen molar-refractivity contribution >= 4 is 39.2 Å². The molecule has 0 aliphatic carbocycles. The fourth-order valence-corrected chi connectivity index (χ4v) is 5.44. The number of morpholine rings is 1. The molecule has 1 saturated heterocycles. The number of nitrogens with zero attached hydrogens (tertiary/aromatic N) is 2. The van der Waals surface area contributed by atoms with Crippen molar-refractivity contribution < 1.29 is 9.53 Å². The first kappa shape index (κ1) is 21.3. The molecule has 0 radical (unpaired) electrons. The normalized spacial score (nSPS) is 21.2. The van der Waals surface area contributed by atoms with E-state index in [0.717, 1.165) is 28.1 Å². The predicted molar refractivity (Wildman–Crippen MR) is 115 cm³/mol. The van der Waals surface area contributed by atoms with Crippen molar-refractivity contribution in [3.8, 4) is 0 Å². The number of carbonyl (C=O) groups excluding carboxylic acids is 1. The van der Waals surface area contributed by atoms with E-state index < -0.39 is 0 Å². The first-order chi connectivity index (χ1) is 13.3. The summed E-state index contributed by atoms with van der Waals surface area (Å²) in [5.41, 5.74) is 1.02. The van der Waals surface area contributed by atoms with Crippen LogP contribution in [0.4, 0.5) is 0 Å². The van der Waals surface area contributed by atoms with Crippen molar-refractivity contribution in [2.45, 2.75) is 64.8 Å². The summed E-state index contributed by atoms with van der Waals surface area (Å²) >= 11 is 2.86. The summed E-state index contributed by atoms with van der Waals surface area (Å²) in [5.74, 6) is 0.841. The van der Waals surface area contributed by atoms with Crippen LogP contribution in [0.25, 0.3) is 10.2 Å². The topological polar surface area (TPSA) is 75.3 Å². The molecule has 2 aromatic heterocycles. The lowest BCUT2D eigenvalue weighted by Crippen LogP contribution is -2.48. The average molecular weight is 424 g/mol. The molecule has 1 amide bonds. The first-order valence-corrected chi connectivity index (χ1v) is 11.7.